The summed E-state index contributed by atoms with van der Waals surface area (Å²) in [5.74, 6) is 0.726. The van der Waals surface area contributed by atoms with E-state index in [9.17, 15) is 0 Å². The van der Waals surface area contributed by atoms with E-state index in [1.165, 1.54) is 0 Å². The minimum absolute atomic E-state index is 0.203. The van der Waals surface area contributed by atoms with Crippen molar-refractivity contribution in [2.45, 2.75) is 6.10 Å². The van der Waals surface area contributed by atoms with Gasteiger partial charge in [-0.15, -0.1) is 0 Å². The maximum absolute atomic E-state index is 5.36. The van der Waals surface area contributed by atoms with Crippen molar-refractivity contribution in [3.63, 3.8) is 0 Å². The molecule has 0 N–H and O–H groups in total. The molecule has 0 spiro atoms. The fraction of sp³-hybridized carbons (Fsp3) is 0.200. The molecule has 18 heavy (non-hydrogen) atoms. The smallest absolute Gasteiger partial charge is 0.173 e. The van der Waals surface area contributed by atoms with Crippen LogP contribution in [0, 0.1) is 0 Å². The van der Waals surface area contributed by atoms with Crippen molar-refractivity contribution in [2.75, 3.05) is 13.2 Å². The molecule has 1 atom stereocenters. The summed E-state index contributed by atoms with van der Waals surface area (Å²) in [4.78, 5) is 10.5. The minimum atomic E-state index is 0.203. The van der Waals surface area contributed by atoms with Crippen LogP contribution >= 0.6 is 0 Å². The van der Waals surface area contributed by atoms with E-state index < -0.39 is 0 Å². The molecule has 0 aliphatic carbocycles. The lowest BCUT2D eigenvalue weighted by Crippen LogP contribution is -2.05. The van der Waals surface area contributed by atoms with Crippen LogP contribution in [0.2, 0.25) is 0 Å². The Bertz CT molecular complexity index is 506. The first-order chi connectivity index (χ1) is 8.93. The SMILES string of the molecule is c1ccc(-c2ccccc2OOCC2CO2)cc1. The van der Waals surface area contributed by atoms with Gasteiger partial charge in [0.15, 0.2) is 5.75 Å². The van der Waals surface area contributed by atoms with Gasteiger partial charge in [-0.3, -0.25) is 0 Å². The van der Waals surface area contributed by atoms with Crippen LogP contribution in [0.3, 0.4) is 0 Å². The van der Waals surface area contributed by atoms with Gasteiger partial charge in [0.1, 0.15) is 12.7 Å². The summed E-state index contributed by atoms with van der Waals surface area (Å²) in [6.07, 6.45) is 0.203. The zero-order valence-electron chi connectivity index (χ0n) is 9.91. The first kappa shape index (κ1) is 11.3. The Kier molecular flexibility index (Phi) is 3.26. The molecule has 0 bridgehead atoms. The predicted octanol–water partition coefficient (Wildman–Crippen LogP) is 3.06. The molecule has 0 amide bonds. The molecule has 0 saturated carbocycles. The number of benzene rings is 2. The first-order valence-corrected chi connectivity index (χ1v) is 5.99. The van der Waals surface area contributed by atoms with Gasteiger partial charge in [-0.2, -0.15) is 4.89 Å². The summed E-state index contributed by atoms with van der Waals surface area (Å²) in [7, 11) is 0. The Morgan fingerprint density at radius 3 is 2.50 bits per heavy atom. The number of para-hydroxylation sites is 1. The second-order valence-electron chi connectivity index (χ2n) is 4.19. The van der Waals surface area contributed by atoms with E-state index in [0.717, 1.165) is 23.5 Å². The maximum atomic E-state index is 5.36. The lowest BCUT2D eigenvalue weighted by atomic mass is 10.1. The third kappa shape index (κ3) is 2.70. The number of epoxide rings is 1. The highest BCUT2D eigenvalue weighted by molar-refractivity contribution is 5.69. The van der Waals surface area contributed by atoms with Crippen LogP contribution in [0.15, 0.2) is 54.6 Å². The summed E-state index contributed by atoms with van der Waals surface area (Å²) in [5.41, 5.74) is 2.13. The molecule has 3 nitrogen and oxygen atoms in total. The zero-order valence-corrected chi connectivity index (χ0v) is 9.91. The summed E-state index contributed by atoms with van der Waals surface area (Å²) >= 11 is 0. The van der Waals surface area contributed by atoms with Gasteiger partial charge < -0.3 is 9.62 Å². The average molecular weight is 242 g/mol. The number of ether oxygens (including phenoxy) is 1. The van der Waals surface area contributed by atoms with Gasteiger partial charge in [-0.25, -0.2) is 0 Å². The molecule has 2 aromatic rings. The zero-order chi connectivity index (χ0) is 12.2. The van der Waals surface area contributed by atoms with Crippen molar-refractivity contribution < 1.29 is 14.5 Å². The molecule has 3 heteroatoms. The van der Waals surface area contributed by atoms with Gasteiger partial charge in [0.25, 0.3) is 0 Å². The Morgan fingerprint density at radius 1 is 1.00 bits per heavy atom. The molecule has 1 unspecified atom stereocenters. The highest BCUT2D eigenvalue weighted by Crippen LogP contribution is 2.29. The van der Waals surface area contributed by atoms with Crippen LogP contribution in [0.5, 0.6) is 5.75 Å². The molecule has 1 heterocycles. The Labute approximate surface area is 106 Å². The molecule has 0 aromatic heterocycles. The Balaban J connectivity index is 1.76. The summed E-state index contributed by atoms with van der Waals surface area (Å²) in [6.45, 7) is 1.24. The van der Waals surface area contributed by atoms with E-state index in [-0.39, 0.29) is 6.10 Å². The number of hydrogen-bond acceptors (Lipinski definition) is 3. The average Bonchev–Trinajstić information content (AvgIpc) is 3.25. The Morgan fingerprint density at radius 2 is 1.72 bits per heavy atom. The first-order valence-electron chi connectivity index (χ1n) is 5.99. The fourth-order valence-corrected chi connectivity index (χ4v) is 1.73. The minimum Gasteiger partial charge on any atom is -0.370 e. The van der Waals surface area contributed by atoms with Crippen LogP contribution in [-0.4, -0.2) is 19.3 Å². The van der Waals surface area contributed by atoms with Crippen LogP contribution < -0.4 is 4.89 Å². The third-order valence-corrected chi connectivity index (χ3v) is 2.78. The monoisotopic (exact) mass is 242 g/mol. The molecular formula is C15H14O3. The third-order valence-electron chi connectivity index (χ3n) is 2.78. The van der Waals surface area contributed by atoms with Gasteiger partial charge in [0.2, 0.25) is 0 Å². The summed E-state index contributed by atoms with van der Waals surface area (Å²) < 4.78 is 5.06. The van der Waals surface area contributed by atoms with Gasteiger partial charge >= 0.3 is 0 Å². The molecule has 0 radical (unpaired) electrons. The van der Waals surface area contributed by atoms with Crippen LogP contribution in [-0.2, 0) is 9.62 Å². The fourth-order valence-electron chi connectivity index (χ4n) is 1.73. The number of hydrogen-bond donors (Lipinski definition) is 0. The van der Waals surface area contributed by atoms with Crippen molar-refractivity contribution in [2.24, 2.45) is 0 Å². The second-order valence-corrected chi connectivity index (χ2v) is 4.19. The standard InChI is InChI=1S/C15H14O3/c1-2-6-12(7-3-1)14-8-4-5-9-15(14)18-17-11-13-10-16-13/h1-9,13H,10-11H2. The van der Waals surface area contributed by atoms with E-state index in [2.05, 4.69) is 0 Å². The van der Waals surface area contributed by atoms with Crippen LogP contribution in [0.1, 0.15) is 0 Å². The molecule has 92 valence electrons. The molecule has 1 aliphatic heterocycles. The highest BCUT2D eigenvalue weighted by Gasteiger charge is 2.23. The Hall–Kier alpha value is -1.84. The molecule has 1 saturated heterocycles. The molecule has 1 fully saturated rings. The quantitative estimate of drug-likeness (QED) is 0.458. The van der Waals surface area contributed by atoms with E-state index >= 15 is 0 Å². The molecule has 3 rings (SSSR count). The van der Waals surface area contributed by atoms with E-state index in [4.69, 9.17) is 14.5 Å². The van der Waals surface area contributed by atoms with Crippen LogP contribution in [0.4, 0.5) is 0 Å². The molecular weight excluding hydrogens is 228 g/mol. The lowest BCUT2D eigenvalue weighted by molar-refractivity contribution is -0.209. The molecule has 2 aromatic carbocycles. The second kappa shape index (κ2) is 5.21. The topological polar surface area (TPSA) is 31.0 Å². The number of rotatable bonds is 5. The lowest BCUT2D eigenvalue weighted by Gasteiger charge is -2.09. The van der Waals surface area contributed by atoms with E-state index in [1.54, 1.807) is 0 Å². The van der Waals surface area contributed by atoms with Crippen molar-refractivity contribution in [1.82, 2.24) is 0 Å². The summed E-state index contributed by atoms with van der Waals surface area (Å²) in [6, 6.07) is 17.9. The largest absolute Gasteiger partial charge is 0.370 e. The van der Waals surface area contributed by atoms with Crippen molar-refractivity contribution in [3.05, 3.63) is 54.6 Å². The predicted molar refractivity (Wildman–Crippen MR) is 68.2 cm³/mol. The van der Waals surface area contributed by atoms with Crippen molar-refractivity contribution in [3.8, 4) is 16.9 Å². The van der Waals surface area contributed by atoms with Crippen molar-refractivity contribution >= 4 is 0 Å². The molecule has 1 aliphatic rings. The highest BCUT2D eigenvalue weighted by atomic mass is 17.2. The van der Waals surface area contributed by atoms with Crippen LogP contribution in [0.25, 0.3) is 11.1 Å². The van der Waals surface area contributed by atoms with Crippen molar-refractivity contribution in [1.29, 1.82) is 0 Å². The van der Waals surface area contributed by atoms with E-state index in [1.807, 2.05) is 54.6 Å². The van der Waals surface area contributed by atoms with Gasteiger partial charge in [-0.1, -0.05) is 48.5 Å². The van der Waals surface area contributed by atoms with Gasteiger partial charge in [-0.05, 0) is 11.6 Å². The van der Waals surface area contributed by atoms with E-state index in [0.29, 0.717) is 6.61 Å². The van der Waals surface area contributed by atoms with Gasteiger partial charge in [0.05, 0.1) is 6.61 Å². The van der Waals surface area contributed by atoms with Gasteiger partial charge in [0, 0.05) is 5.56 Å². The summed E-state index contributed by atoms with van der Waals surface area (Å²) in [5, 5.41) is 0. The maximum Gasteiger partial charge on any atom is 0.173 e. The normalized spacial score (nSPS) is 17.4.